The van der Waals surface area contributed by atoms with Crippen LogP contribution in [0.3, 0.4) is 0 Å². The predicted molar refractivity (Wildman–Crippen MR) is 79.4 cm³/mol. The molecular formula is C16H26N2O. The third-order valence-corrected chi connectivity index (χ3v) is 4.17. The molecule has 0 aliphatic carbocycles. The van der Waals surface area contributed by atoms with Gasteiger partial charge in [0.1, 0.15) is 5.75 Å². The van der Waals surface area contributed by atoms with Gasteiger partial charge in [-0.3, -0.25) is 4.90 Å². The van der Waals surface area contributed by atoms with Crippen molar-refractivity contribution in [1.82, 2.24) is 10.2 Å². The van der Waals surface area contributed by atoms with E-state index in [-0.39, 0.29) is 0 Å². The third kappa shape index (κ3) is 3.48. The van der Waals surface area contributed by atoms with E-state index in [0.29, 0.717) is 11.8 Å². The number of para-hydroxylation sites is 1. The third-order valence-electron chi connectivity index (χ3n) is 4.17. The van der Waals surface area contributed by atoms with Crippen LogP contribution in [0, 0.1) is 5.92 Å². The van der Waals surface area contributed by atoms with Crippen LogP contribution in [0.5, 0.6) is 5.75 Å². The minimum atomic E-state index is 0.348. The topological polar surface area (TPSA) is 35.5 Å². The molecule has 1 fully saturated rings. The molecule has 1 heterocycles. The first kappa shape index (κ1) is 14.4. The molecule has 2 rings (SSSR count). The molecule has 1 aliphatic rings. The maximum atomic E-state index is 10.1. The molecule has 0 saturated carbocycles. The summed E-state index contributed by atoms with van der Waals surface area (Å²) in [6, 6.07) is 8.12. The SMILES string of the molecule is CCC(c1ccccc1O)N1CCCC(CNC)C1. The molecule has 0 radical (unpaired) electrons. The van der Waals surface area contributed by atoms with Crippen molar-refractivity contribution in [2.75, 3.05) is 26.7 Å². The molecule has 3 heteroatoms. The quantitative estimate of drug-likeness (QED) is 0.856. The minimum Gasteiger partial charge on any atom is -0.508 e. The number of likely N-dealkylation sites (tertiary alicyclic amines) is 1. The molecule has 0 spiro atoms. The number of benzene rings is 1. The molecule has 0 aromatic heterocycles. The monoisotopic (exact) mass is 262 g/mol. The molecule has 1 aromatic rings. The second-order valence-corrected chi connectivity index (χ2v) is 5.54. The molecule has 2 atom stereocenters. The Bertz CT molecular complexity index is 392. The minimum absolute atomic E-state index is 0.348. The van der Waals surface area contributed by atoms with Gasteiger partial charge in [0.25, 0.3) is 0 Å². The summed E-state index contributed by atoms with van der Waals surface area (Å²) in [6.45, 7) is 5.58. The number of nitrogens with zero attached hydrogens (tertiary/aromatic N) is 1. The van der Waals surface area contributed by atoms with Crippen LogP contribution < -0.4 is 5.32 Å². The van der Waals surface area contributed by atoms with Crippen molar-refractivity contribution >= 4 is 0 Å². The van der Waals surface area contributed by atoms with Crippen molar-refractivity contribution in [2.24, 2.45) is 5.92 Å². The fraction of sp³-hybridized carbons (Fsp3) is 0.625. The smallest absolute Gasteiger partial charge is 0.120 e. The molecule has 2 N–H and O–H groups in total. The molecule has 1 aromatic carbocycles. The summed E-state index contributed by atoms with van der Waals surface area (Å²) in [5.74, 6) is 1.17. The van der Waals surface area contributed by atoms with E-state index in [9.17, 15) is 5.11 Å². The number of phenolic OH excluding ortho intramolecular Hbond substituents is 1. The van der Waals surface area contributed by atoms with Crippen LogP contribution in [0.2, 0.25) is 0 Å². The molecule has 19 heavy (non-hydrogen) atoms. The van der Waals surface area contributed by atoms with Gasteiger partial charge >= 0.3 is 0 Å². The van der Waals surface area contributed by atoms with Crippen molar-refractivity contribution in [3.05, 3.63) is 29.8 Å². The Hall–Kier alpha value is -1.06. The van der Waals surface area contributed by atoms with Crippen LogP contribution in [-0.4, -0.2) is 36.7 Å². The van der Waals surface area contributed by atoms with Crippen molar-refractivity contribution in [2.45, 2.75) is 32.2 Å². The zero-order valence-electron chi connectivity index (χ0n) is 12.1. The Labute approximate surface area is 116 Å². The maximum absolute atomic E-state index is 10.1. The number of piperidine rings is 1. The Balaban J connectivity index is 2.11. The number of rotatable bonds is 5. The number of hydrogen-bond donors (Lipinski definition) is 2. The van der Waals surface area contributed by atoms with Crippen molar-refractivity contribution in [1.29, 1.82) is 0 Å². The second kappa shape index (κ2) is 6.92. The number of hydrogen-bond acceptors (Lipinski definition) is 3. The number of phenols is 1. The highest BCUT2D eigenvalue weighted by molar-refractivity contribution is 5.34. The highest BCUT2D eigenvalue weighted by Gasteiger charge is 2.26. The standard InChI is InChI=1S/C16H26N2O/c1-3-15(14-8-4-5-9-16(14)19)18-10-6-7-13(12-18)11-17-2/h4-5,8-9,13,15,17,19H,3,6-7,10-12H2,1-2H3. The lowest BCUT2D eigenvalue weighted by Crippen LogP contribution is -2.41. The van der Waals surface area contributed by atoms with Crippen molar-refractivity contribution in [3.63, 3.8) is 0 Å². The van der Waals surface area contributed by atoms with Crippen LogP contribution in [0.4, 0.5) is 0 Å². The first-order valence-corrected chi connectivity index (χ1v) is 7.42. The molecule has 3 nitrogen and oxygen atoms in total. The van der Waals surface area contributed by atoms with Crippen LogP contribution >= 0.6 is 0 Å². The summed E-state index contributed by atoms with van der Waals surface area (Å²) >= 11 is 0. The van der Waals surface area contributed by atoms with Crippen LogP contribution in [0.1, 0.15) is 37.8 Å². The second-order valence-electron chi connectivity index (χ2n) is 5.54. The Morgan fingerprint density at radius 1 is 1.42 bits per heavy atom. The summed E-state index contributed by atoms with van der Waals surface area (Å²) in [5.41, 5.74) is 1.08. The average molecular weight is 262 g/mol. The number of nitrogens with one attached hydrogen (secondary N) is 1. The molecule has 2 unspecified atom stereocenters. The lowest BCUT2D eigenvalue weighted by atomic mass is 9.93. The number of aromatic hydroxyl groups is 1. The van der Waals surface area contributed by atoms with Gasteiger partial charge in [-0.1, -0.05) is 25.1 Å². The van der Waals surface area contributed by atoms with E-state index >= 15 is 0 Å². The van der Waals surface area contributed by atoms with Gasteiger partial charge in [-0.15, -0.1) is 0 Å². The fourth-order valence-electron chi connectivity index (χ4n) is 3.28. The fourth-order valence-corrected chi connectivity index (χ4v) is 3.28. The van der Waals surface area contributed by atoms with E-state index in [1.807, 2.05) is 19.2 Å². The van der Waals surface area contributed by atoms with Crippen molar-refractivity contribution in [3.8, 4) is 5.75 Å². The highest BCUT2D eigenvalue weighted by atomic mass is 16.3. The van der Waals surface area contributed by atoms with Crippen LogP contribution in [0.25, 0.3) is 0 Å². The molecule has 0 amide bonds. The Kier molecular flexibility index (Phi) is 5.23. The van der Waals surface area contributed by atoms with E-state index in [1.54, 1.807) is 6.07 Å². The van der Waals surface area contributed by atoms with Gasteiger partial charge < -0.3 is 10.4 Å². The van der Waals surface area contributed by atoms with Crippen LogP contribution in [0.15, 0.2) is 24.3 Å². The molecule has 1 aliphatic heterocycles. The Morgan fingerprint density at radius 2 is 2.21 bits per heavy atom. The normalized spacial score (nSPS) is 22.3. The maximum Gasteiger partial charge on any atom is 0.120 e. The van der Waals surface area contributed by atoms with E-state index in [0.717, 1.165) is 37.5 Å². The summed E-state index contributed by atoms with van der Waals surface area (Å²) in [6.07, 6.45) is 3.62. The van der Waals surface area contributed by atoms with E-state index in [4.69, 9.17) is 0 Å². The molecule has 106 valence electrons. The summed E-state index contributed by atoms with van der Waals surface area (Å²) in [4.78, 5) is 2.54. The van der Waals surface area contributed by atoms with Gasteiger partial charge in [0, 0.05) is 18.2 Å². The predicted octanol–water partition coefficient (Wildman–Crippen LogP) is 2.77. The highest BCUT2D eigenvalue weighted by Crippen LogP contribution is 2.33. The molecule has 1 saturated heterocycles. The zero-order valence-corrected chi connectivity index (χ0v) is 12.1. The molecule has 0 bridgehead atoms. The van der Waals surface area contributed by atoms with Gasteiger partial charge in [-0.2, -0.15) is 0 Å². The van der Waals surface area contributed by atoms with Crippen molar-refractivity contribution < 1.29 is 5.11 Å². The first-order valence-electron chi connectivity index (χ1n) is 7.42. The molecular weight excluding hydrogens is 236 g/mol. The Morgan fingerprint density at radius 3 is 2.89 bits per heavy atom. The average Bonchev–Trinajstić information content (AvgIpc) is 2.43. The van der Waals surface area contributed by atoms with E-state index in [1.165, 1.54) is 12.8 Å². The lowest BCUT2D eigenvalue weighted by molar-refractivity contribution is 0.118. The summed E-state index contributed by atoms with van der Waals surface area (Å²) in [7, 11) is 2.03. The first-order chi connectivity index (χ1) is 9.26. The lowest BCUT2D eigenvalue weighted by Gasteiger charge is -2.38. The van der Waals surface area contributed by atoms with Gasteiger partial charge in [-0.05, 0) is 51.4 Å². The largest absolute Gasteiger partial charge is 0.508 e. The van der Waals surface area contributed by atoms with Gasteiger partial charge in [0.2, 0.25) is 0 Å². The van der Waals surface area contributed by atoms with E-state index < -0.39 is 0 Å². The van der Waals surface area contributed by atoms with Gasteiger partial charge in [0.05, 0.1) is 0 Å². The van der Waals surface area contributed by atoms with Crippen LogP contribution in [-0.2, 0) is 0 Å². The van der Waals surface area contributed by atoms with Gasteiger partial charge in [0.15, 0.2) is 0 Å². The summed E-state index contributed by atoms with van der Waals surface area (Å²) in [5, 5.41) is 13.4. The zero-order chi connectivity index (χ0) is 13.7. The van der Waals surface area contributed by atoms with E-state index in [2.05, 4.69) is 23.2 Å². The van der Waals surface area contributed by atoms with Gasteiger partial charge in [-0.25, -0.2) is 0 Å². The summed E-state index contributed by atoms with van der Waals surface area (Å²) < 4.78 is 0.